The molecular formula is C18H19ClN2O3. The highest BCUT2D eigenvalue weighted by Crippen LogP contribution is 2.29. The Morgan fingerprint density at radius 2 is 2.33 bits per heavy atom. The number of nitrogens with one attached hydrogen (secondary N) is 1. The van der Waals surface area contributed by atoms with Gasteiger partial charge in [0, 0.05) is 30.3 Å². The molecule has 0 aliphatic carbocycles. The normalized spacial score (nSPS) is 19.9. The third-order valence-electron chi connectivity index (χ3n) is 3.96. The van der Waals surface area contributed by atoms with Crippen molar-refractivity contribution in [1.82, 2.24) is 4.98 Å². The van der Waals surface area contributed by atoms with Gasteiger partial charge in [0.25, 0.3) is 5.91 Å². The number of aromatic nitrogens is 1. The summed E-state index contributed by atoms with van der Waals surface area (Å²) in [7, 11) is 0. The zero-order chi connectivity index (χ0) is 16.9. The molecule has 5 nitrogen and oxygen atoms in total. The molecule has 1 aliphatic rings. The minimum atomic E-state index is -0.398. The van der Waals surface area contributed by atoms with E-state index in [4.69, 9.17) is 21.1 Å². The van der Waals surface area contributed by atoms with Crippen molar-refractivity contribution in [3.63, 3.8) is 0 Å². The second kappa shape index (κ2) is 7.64. The van der Waals surface area contributed by atoms with Gasteiger partial charge in [0.2, 0.25) is 0 Å². The lowest BCUT2D eigenvalue weighted by atomic mass is 10.0. The van der Waals surface area contributed by atoms with Gasteiger partial charge >= 0.3 is 0 Å². The van der Waals surface area contributed by atoms with Crippen LogP contribution in [0.1, 0.15) is 18.9 Å². The van der Waals surface area contributed by atoms with Gasteiger partial charge in [-0.15, -0.1) is 0 Å². The lowest BCUT2D eigenvalue weighted by molar-refractivity contribution is -0.126. The van der Waals surface area contributed by atoms with E-state index in [2.05, 4.69) is 10.3 Å². The molecule has 2 atom stereocenters. The summed E-state index contributed by atoms with van der Waals surface area (Å²) in [5.74, 6) is 0.645. The first kappa shape index (κ1) is 16.7. The fraction of sp³-hybridized carbons (Fsp3) is 0.333. The number of nitrogens with zero attached hydrogens (tertiary/aromatic N) is 1. The Kier molecular flexibility index (Phi) is 5.33. The first-order valence-electron chi connectivity index (χ1n) is 7.87. The van der Waals surface area contributed by atoms with E-state index in [1.165, 1.54) is 0 Å². The molecule has 0 unspecified atom stereocenters. The molecule has 1 saturated heterocycles. The second-order valence-electron chi connectivity index (χ2n) is 5.84. The molecule has 1 fully saturated rings. The van der Waals surface area contributed by atoms with Crippen molar-refractivity contribution in [2.75, 3.05) is 11.9 Å². The molecule has 1 aromatic carbocycles. The number of benzene rings is 1. The van der Waals surface area contributed by atoms with Crippen LogP contribution in [0.5, 0.6) is 5.75 Å². The fourth-order valence-electron chi connectivity index (χ4n) is 2.58. The van der Waals surface area contributed by atoms with Gasteiger partial charge in [0.15, 0.2) is 0 Å². The van der Waals surface area contributed by atoms with Crippen LogP contribution in [0.4, 0.5) is 5.69 Å². The smallest absolute Gasteiger partial charge is 0.253 e. The Bertz CT molecular complexity index is 709. The van der Waals surface area contributed by atoms with Gasteiger partial charge in [-0.25, -0.2) is 0 Å². The average molecular weight is 347 g/mol. The molecule has 1 amide bonds. The van der Waals surface area contributed by atoms with Gasteiger partial charge in [-0.2, -0.15) is 0 Å². The van der Waals surface area contributed by atoms with Crippen LogP contribution < -0.4 is 10.1 Å². The lowest BCUT2D eigenvalue weighted by Crippen LogP contribution is -2.31. The lowest BCUT2D eigenvalue weighted by Gasteiger charge is -2.15. The van der Waals surface area contributed by atoms with Gasteiger partial charge in [-0.05, 0) is 36.6 Å². The van der Waals surface area contributed by atoms with E-state index in [0.717, 1.165) is 12.0 Å². The fourth-order valence-corrected chi connectivity index (χ4v) is 2.82. The topological polar surface area (TPSA) is 60.5 Å². The largest absolute Gasteiger partial charge is 0.487 e. The third-order valence-corrected chi connectivity index (χ3v) is 4.26. The number of hydrogen-bond donors (Lipinski definition) is 1. The summed E-state index contributed by atoms with van der Waals surface area (Å²) in [6.07, 6.45) is 3.96. The van der Waals surface area contributed by atoms with Crippen molar-refractivity contribution in [3.05, 3.63) is 53.3 Å². The summed E-state index contributed by atoms with van der Waals surface area (Å²) < 4.78 is 11.2. The highest BCUT2D eigenvalue weighted by Gasteiger charge is 2.30. The van der Waals surface area contributed by atoms with Crippen molar-refractivity contribution in [2.45, 2.75) is 26.1 Å². The Morgan fingerprint density at radius 1 is 1.46 bits per heavy atom. The predicted octanol–water partition coefficient (Wildman–Crippen LogP) is 3.68. The molecule has 3 rings (SSSR count). The molecule has 24 heavy (non-hydrogen) atoms. The van der Waals surface area contributed by atoms with Crippen molar-refractivity contribution < 1.29 is 14.3 Å². The maximum atomic E-state index is 12.2. The highest BCUT2D eigenvalue weighted by molar-refractivity contribution is 6.32. The Labute approximate surface area is 145 Å². The van der Waals surface area contributed by atoms with E-state index < -0.39 is 6.10 Å². The number of anilines is 1. The molecular weight excluding hydrogens is 328 g/mol. The van der Waals surface area contributed by atoms with Crippen molar-refractivity contribution in [2.24, 2.45) is 5.92 Å². The zero-order valence-electron chi connectivity index (χ0n) is 13.4. The molecule has 1 aromatic heterocycles. The first-order chi connectivity index (χ1) is 11.6. The monoisotopic (exact) mass is 346 g/mol. The molecule has 2 aromatic rings. The quantitative estimate of drug-likeness (QED) is 0.897. The summed E-state index contributed by atoms with van der Waals surface area (Å²) in [5.41, 5.74) is 1.58. The number of hydrogen-bond acceptors (Lipinski definition) is 4. The number of carbonyl (C=O) groups excluding carboxylic acids is 1. The molecule has 126 valence electrons. The van der Waals surface area contributed by atoms with Crippen LogP contribution >= 0.6 is 11.6 Å². The molecule has 0 spiro atoms. The van der Waals surface area contributed by atoms with Crippen LogP contribution in [0.15, 0.2) is 42.7 Å². The van der Waals surface area contributed by atoms with E-state index in [0.29, 0.717) is 29.7 Å². The van der Waals surface area contributed by atoms with E-state index in [9.17, 15) is 4.79 Å². The number of rotatable bonds is 5. The number of halogens is 1. The number of carbonyl (C=O) groups is 1. The predicted molar refractivity (Wildman–Crippen MR) is 92.2 cm³/mol. The summed E-state index contributed by atoms with van der Waals surface area (Å²) in [5, 5.41) is 3.28. The first-order valence-corrected chi connectivity index (χ1v) is 8.25. The van der Waals surface area contributed by atoms with Gasteiger partial charge in [0.05, 0.1) is 5.02 Å². The summed E-state index contributed by atoms with van der Waals surface area (Å²) in [6, 6.07) is 8.97. The van der Waals surface area contributed by atoms with Crippen LogP contribution in [0.2, 0.25) is 5.02 Å². The second-order valence-corrected chi connectivity index (χ2v) is 6.25. The van der Waals surface area contributed by atoms with Crippen LogP contribution in [-0.4, -0.2) is 23.6 Å². The zero-order valence-corrected chi connectivity index (χ0v) is 14.1. The van der Waals surface area contributed by atoms with E-state index in [1.807, 2.05) is 19.1 Å². The number of ether oxygens (including phenoxy) is 2. The molecule has 0 saturated carbocycles. The van der Waals surface area contributed by atoms with Gasteiger partial charge in [-0.3, -0.25) is 9.78 Å². The minimum absolute atomic E-state index is 0.139. The summed E-state index contributed by atoms with van der Waals surface area (Å²) in [4.78, 5) is 16.3. The van der Waals surface area contributed by atoms with Crippen molar-refractivity contribution in [3.8, 4) is 5.75 Å². The molecule has 2 heterocycles. The van der Waals surface area contributed by atoms with E-state index in [1.54, 1.807) is 30.6 Å². The SMILES string of the molecule is C[C@@H]1CCO[C@@H]1C(=O)Nc1ccc(OCc2cccnc2)c(Cl)c1. The van der Waals surface area contributed by atoms with Gasteiger partial charge in [-0.1, -0.05) is 24.6 Å². The highest BCUT2D eigenvalue weighted by atomic mass is 35.5. The Balaban J connectivity index is 1.61. The van der Waals surface area contributed by atoms with Crippen LogP contribution in [0.3, 0.4) is 0 Å². The molecule has 1 N–H and O–H groups in total. The average Bonchev–Trinajstić information content (AvgIpc) is 3.01. The van der Waals surface area contributed by atoms with Crippen molar-refractivity contribution in [1.29, 1.82) is 0 Å². The summed E-state index contributed by atoms with van der Waals surface area (Å²) >= 11 is 6.24. The maximum absolute atomic E-state index is 12.2. The van der Waals surface area contributed by atoms with Gasteiger partial charge in [0.1, 0.15) is 18.5 Å². The van der Waals surface area contributed by atoms with E-state index >= 15 is 0 Å². The molecule has 0 bridgehead atoms. The molecule has 0 radical (unpaired) electrons. The van der Waals surface area contributed by atoms with E-state index in [-0.39, 0.29) is 11.8 Å². The summed E-state index contributed by atoms with van der Waals surface area (Å²) in [6.45, 7) is 3.02. The Morgan fingerprint density at radius 3 is 3.00 bits per heavy atom. The standard InChI is InChI=1S/C18H19ClN2O3/c1-12-6-8-23-17(12)18(22)21-14-4-5-16(15(19)9-14)24-11-13-3-2-7-20-10-13/h2-5,7,9-10,12,17H,6,8,11H2,1H3,(H,21,22)/t12-,17+/m1/s1. The van der Waals surface area contributed by atoms with Crippen molar-refractivity contribution >= 4 is 23.2 Å². The van der Waals surface area contributed by atoms with Crippen LogP contribution in [0, 0.1) is 5.92 Å². The van der Waals surface area contributed by atoms with Crippen LogP contribution in [-0.2, 0) is 16.1 Å². The maximum Gasteiger partial charge on any atom is 0.253 e. The molecule has 6 heteroatoms. The third kappa shape index (κ3) is 4.04. The Hall–Kier alpha value is -2.11. The number of amides is 1. The number of pyridine rings is 1. The minimum Gasteiger partial charge on any atom is -0.487 e. The van der Waals surface area contributed by atoms with Crippen LogP contribution in [0.25, 0.3) is 0 Å². The molecule has 1 aliphatic heterocycles. The van der Waals surface area contributed by atoms with Gasteiger partial charge < -0.3 is 14.8 Å².